The molecule has 4 rings (SSSR count). The van der Waals surface area contributed by atoms with E-state index in [0.717, 1.165) is 23.2 Å². The van der Waals surface area contributed by atoms with Crippen LogP contribution in [0.3, 0.4) is 0 Å². The summed E-state index contributed by atoms with van der Waals surface area (Å²) < 4.78 is 38.4. The number of para-hydroxylation sites is 3. The molecule has 0 bridgehead atoms. The minimum Gasteiger partial charge on any atom is -0.338 e. The number of rotatable bonds is 3. The Morgan fingerprint density at radius 2 is 1.69 bits per heavy atom. The Balaban J connectivity index is 1.66. The van der Waals surface area contributed by atoms with Crippen molar-refractivity contribution in [3.8, 4) is 11.4 Å². The summed E-state index contributed by atoms with van der Waals surface area (Å²) in [5.74, 6) is 0.0247. The standard InChI is InChI=1S/C21H15F3N4O/c1-12-13(10-11-18(25-12)21(22,23)24)20(29)28-15-7-3-2-6-14(15)19-26-16-8-4-5-9-17(16)27-19/h2-11H,1H3,(H,26,27)(H,28,29). The number of pyridine rings is 1. The van der Waals surface area contributed by atoms with E-state index < -0.39 is 17.8 Å². The molecule has 29 heavy (non-hydrogen) atoms. The van der Waals surface area contributed by atoms with Gasteiger partial charge in [-0.05, 0) is 43.3 Å². The average molecular weight is 396 g/mol. The summed E-state index contributed by atoms with van der Waals surface area (Å²) in [6.07, 6.45) is -4.56. The van der Waals surface area contributed by atoms with Crippen molar-refractivity contribution in [2.24, 2.45) is 0 Å². The lowest BCUT2D eigenvalue weighted by Crippen LogP contribution is -2.17. The van der Waals surface area contributed by atoms with Crippen LogP contribution in [-0.4, -0.2) is 20.9 Å². The Hall–Kier alpha value is -3.68. The van der Waals surface area contributed by atoms with Crippen molar-refractivity contribution in [3.05, 3.63) is 77.6 Å². The fourth-order valence-corrected chi connectivity index (χ4v) is 3.03. The molecule has 0 fully saturated rings. The lowest BCUT2D eigenvalue weighted by molar-refractivity contribution is -0.141. The molecule has 0 aliphatic heterocycles. The van der Waals surface area contributed by atoms with Gasteiger partial charge < -0.3 is 10.3 Å². The van der Waals surface area contributed by atoms with Gasteiger partial charge in [-0.25, -0.2) is 9.97 Å². The maximum atomic E-state index is 12.8. The second-order valence-corrected chi connectivity index (χ2v) is 6.43. The largest absolute Gasteiger partial charge is 0.433 e. The van der Waals surface area contributed by atoms with Gasteiger partial charge in [0, 0.05) is 5.56 Å². The number of aromatic amines is 1. The molecule has 4 aromatic rings. The Morgan fingerprint density at radius 1 is 0.966 bits per heavy atom. The van der Waals surface area contributed by atoms with Crippen LogP contribution in [0.4, 0.5) is 18.9 Å². The molecular formula is C21H15F3N4O. The number of H-pyrrole nitrogens is 1. The van der Waals surface area contributed by atoms with E-state index in [1.54, 1.807) is 18.2 Å². The number of hydrogen-bond acceptors (Lipinski definition) is 3. The highest BCUT2D eigenvalue weighted by atomic mass is 19.4. The van der Waals surface area contributed by atoms with E-state index in [0.29, 0.717) is 17.1 Å². The number of halogens is 3. The molecule has 2 N–H and O–H groups in total. The molecule has 8 heteroatoms. The monoisotopic (exact) mass is 396 g/mol. The number of carbonyl (C=O) groups excluding carboxylic acids is 1. The number of benzene rings is 2. The van der Waals surface area contributed by atoms with Crippen LogP contribution in [0.1, 0.15) is 21.7 Å². The molecule has 1 amide bonds. The van der Waals surface area contributed by atoms with Gasteiger partial charge in [-0.2, -0.15) is 13.2 Å². The number of carbonyl (C=O) groups is 1. The van der Waals surface area contributed by atoms with Gasteiger partial charge in [0.25, 0.3) is 5.91 Å². The quantitative estimate of drug-likeness (QED) is 0.500. The van der Waals surface area contributed by atoms with Crippen LogP contribution >= 0.6 is 0 Å². The van der Waals surface area contributed by atoms with E-state index in [-0.39, 0.29) is 11.3 Å². The van der Waals surface area contributed by atoms with Gasteiger partial charge in [0.05, 0.1) is 28.0 Å². The van der Waals surface area contributed by atoms with Crippen molar-refractivity contribution in [2.45, 2.75) is 13.1 Å². The topological polar surface area (TPSA) is 70.7 Å². The zero-order valence-corrected chi connectivity index (χ0v) is 15.2. The van der Waals surface area contributed by atoms with Gasteiger partial charge in [0.1, 0.15) is 11.5 Å². The van der Waals surface area contributed by atoms with E-state index in [9.17, 15) is 18.0 Å². The molecule has 0 atom stereocenters. The number of imidazole rings is 1. The summed E-state index contributed by atoms with van der Waals surface area (Å²) in [7, 11) is 0. The smallest absolute Gasteiger partial charge is 0.338 e. The number of alkyl halides is 3. The number of fused-ring (bicyclic) bond motifs is 1. The minimum absolute atomic E-state index is 0.00135. The van der Waals surface area contributed by atoms with Crippen LogP contribution < -0.4 is 5.32 Å². The molecule has 0 unspecified atom stereocenters. The Bertz CT molecular complexity index is 1180. The first-order chi connectivity index (χ1) is 13.8. The summed E-state index contributed by atoms with van der Waals surface area (Å²) in [5, 5.41) is 2.75. The molecule has 2 aromatic heterocycles. The highest BCUT2D eigenvalue weighted by molar-refractivity contribution is 6.06. The molecule has 0 saturated carbocycles. The van der Waals surface area contributed by atoms with E-state index in [1.165, 1.54) is 6.92 Å². The Kier molecular flexibility index (Phi) is 4.54. The van der Waals surface area contributed by atoms with Gasteiger partial charge in [-0.15, -0.1) is 0 Å². The summed E-state index contributed by atoms with van der Waals surface area (Å²) in [6.45, 7) is 1.37. The predicted octanol–water partition coefficient (Wildman–Crippen LogP) is 5.20. The van der Waals surface area contributed by atoms with Gasteiger partial charge in [-0.1, -0.05) is 24.3 Å². The van der Waals surface area contributed by atoms with Crippen molar-refractivity contribution >= 4 is 22.6 Å². The van der Waals surface area contributed by atoms with Crippen molar-refractivity contribution in [1.29, 1.82) is 0 Å². The summed E-state index contributed by atoms with van der Waals surface area (Å²) in [6, 6.07) is 16.5. The van der Waals surface area contributed by atoms with E-state index >= 15 is 0 Å². The van der Waals surface area contributed by atoms with Gasteiger partial charge in [0.15, 0.2) is 0 Å². The Labute approximate surface area is 163 Å². The SMILES string of the molecule is Cc1nc(C(F)(F)F)ccc1C(=O)Nc1ccccc1-c1nc2ccccc2[nH]1. The molecule has 0 aliphatic rings. The number of nitrogens with one attached hydrogen (secondary N) is 2. The summed E-state index contributed by atoms with van der Waals surface area (Å²) in [4.78, 5) is 23.9. The fraction of sp³-hybridized carbons (Fsp3) is 0.0952. The van der Waals surface area contributed by atoms with Crippen molar-refractivity contribution in [1.82, 2.24) is 15.0 Å². The number of aromatic nitrogens is 3. The second-order valence-electron chi connectivity index (χ2n) is 6.43. The molecule has 146 valence electrons. The normalized spacial score (nSPS) is 11.6. The summed E-state index contributed by atoms with van der Waals surface area (Å²) in [5.41, 5.74) is 1.81. The van der Waals surface area contributed by atoms with Crippen LogP contribution in [0, 0.1) is 6.92 Å². The highest BCUT2D eigenvalue weighted by Crippen LogP contribution is 2.30. The molecule has 2 heterocycles. The lowest BCUT2D eigenvalue weighted by atomic mass is 10.1. The van der Waals surface area contributed by atoms with Gasteiger partial charge in [0.2, 0.25) is 0 Å². The number of nitrogens with zero attached hydrogens (tertiary/aromatic N) is 2. The van der Waals surface area contributed by atoms with Crippen LogP contribution in [0.2, 0.25) is 0 Å². The third-order valence-electron chi connectivity index (χ3n) is 4.44. The fourth-order valence-electron chi connectivity index (χ4n) is 3.03. The predicted molar refractivity (Wildman–Crippen MR) is 103 cm³/mol. The molecule has 0 spiro atoms. The third kappa shape index (κ3) is 3.69. The molecule has 0 saturated heterocycles. The first-order valence-electron chi connectivity index (χ1n) is 8.73. The highest BCUT2D eigenvalue weighted by Gasteiger charge is 2.33. The van der Waals surface area contributed by atoms with E-state index in [2.05, 4.69) is 20.3 Å². The number of hydrogen-bond donors (Lipinski definition) is 2. The molecule has 0 aliphatic carbocycles. The number of anilines is 1. The van der Waals surface area contributed by atoms with Gasteiger partial charge >= 0.3 is 6.18 Å². The lowest BCUT2D eigenvalue weighted by Gasteiger charge is -2.12. The average Bonchev–Trinajstić information content (AvgIpc) is 3.11. The third-order valence-corrected chi connectivity index (χ3v) is 4.44. The molecule has 5 nitrogen and oxygen atoms in total. The first kappa shape index (κ1) is 18.7. The molecule has 2 aromatic carbocycles. The first-order valence-corrected chi connectivity index (χ1v) is 8.73. The maximum absolute atomic E-state index is 12.8. The number of amides is 1. The van der Waals surface area contributed by atoms with Crippen molar-refractivity contribution < 1.29 is 18.0 Å². The van der Waals surface area contributed by atoms with E-state index in [4.69, 9.17) is 0 Å². The van der Waals surface area contributed by atoms with Crippen LogP contribution in [0.15, 0.2) is 60.7 Å². The van der Waals surface area contributed by atoms with E-state index in [1.807, 2.05) is 30.3 Å². The second kappa shape index (κ2) is 7.05. The molecule has 0 radical (unpaired) electrons. The van der Waals surface area contributed by atoms with Crippen LogP contribution in [0.5, 0.6) is 0 Å². The minimum atomic E-state index is -4.56. The Morgan fingerprint density at radius 3 is 2.41 bits per heavy atom. The zero-order chi connectivity index (χ0) is 20.6. The maximum Gasteiger partial charge on any atom is 0.433 e. The van der Waals surface area contributed by atoms with Crippen molar-refractivity contribution in [3.63, 3.8) is 0 Å². The van der Waals surface area contributed by atoms with Crippen molar-refractivity contribution in [2.75, 3.05) is 5.32 Å². The zero-order valence-electron chi connectivity index (χ0n) is 15.2. The summed E-state index contributed by atoms with van der Waals surface area (Å²) >= 11 is 0. The van der Waals surface area contributed by atoms with Crippen LogP contribution in [0.25, 0.3) is 22.4 Å². The van der Waals surface area contributed by atoms with Gasteiger partial charge in [-0.3, -0.25) is 4.79 Å². The molecular weight excluding hydrogens is 381 g/mol. The van der Waals surface area contributed by atoms with Crippen LogP contribution in [-0.2, 0) is 6.18 Å². The number of aryl methyl sites for hydroxylation is 1.